The van der Waals surface area contributed by atoms with Crippen molar-refractivity contribution in [2.45, 2.75) is 71.9 Å². The first-order chi connectivity index (χ1) is 14.7. The van der Waals surface area contributed by atoms with Crippen molar-refractivity contribution in [3.05, 3.63) is 29.5 Å². The minimum Gasteiger partial charge on any atom is -0.475 e. The molecule has 168 valence electrons. The second-order valence-electron chi connectivity index (χ2n) is 8.75. The highest BCUT2D eigenvalue weighted by atomic mass is 16.6. The molecule has 0 aliphatic heterocycles. The number of ether oxygens (including phenoxy) is 2. The molecule has 2 aromatic rings. The standard InChI is InChI=1S/C24H32N2O5/c1-5-30-23(29)24(3,4)31-18-13-9-12-17-20(18)19(21(27)22(25)28)15(2)26(17)14-16-10-7-6-8-11-16/h9,12-13,16H,5-8,10-11,14H2,1-4H3,(H2,25,28). The maximum atomic E-state index is 12.8. The van der Waals surface area contributed by atoms with Crippen LogP contribution in [0.3, 0.4) is 0 Å². The molecule has 1 heterocycles. The molecule has 7 heteroatoms. The average molecular weight is 429 g/mol. The van der Waals surface area contributed by atoms with Gasteiger partial charge in [0.05, 0.1) is 23.1 Å². The Morgan fingerprint density at radius 2 is 1.84 bits per heavy atom. The van der Waals surface area contributed by atoms with E-state index in [1.165, 1.54) is 19.3 Å². The van der Waals surface area contributed by atoms with Crippen LogP contribution in [0.5, 0.6) is 5.75 Å². The van der Waals surface area contributed by atoms with Crippen molar-refractivity contribution in [2.75, 3.05) is 6.61 Å². The number of rotatable bonds is 8. The molecule has 0 unspecified atom stereocenters. The van der Waals surface area contributed by atoms with Crippen molar-refractivity contribution in [1.82, 2.24) is 4.57 Å². The lowest BCUT2D eigenvalue weighted by atomic mass is 9.89. The van der Waals surface area contributed by atoms with Crippen LogP contribution in [0.15, 0.2) is 18.2 Å². The Labute approximate surface area is 182 Å². The molecule has 1 amide bonds. The van der Waals surface area contributed by atoms with Crippen molar-refractivity contribution in [2.24, 2.45) is 11.7 Å². The number of esters is 1. The fraction of sp³-hybridized carbons (Fsp3) is 0.542. The molecule has 1 aromatic carbocycles. The number of fused-ring (bicyclic) bond motifs is 1. The van der Waals surface area contributed by atoms with Crippen LogP contribution in [-0.2, 0) is 20.9 Å². The molecule has 0 bridgehead atoms. The summed E-state index contributed by atoms with van der Waals surface area (Å²) in [4.78, 5) is 37.0. The van der Waals surface area contributed by atoms with Crippen LogP contribution in [0.25, 0.3) is 10.9 Å². The summed E-state index contributed by atoms with van der Waals surface area (Å²) in [5.41, 5.74) is 5.84. The molecule has 31 heavy (non-hydrogen) atoms. The van der Waals surface area contributed by atoms with Crippen molar-refractivity contribution < 1.29 is 23.9 Å². The van der Waals surface area contributed by atoms with Crippen molar-refractivity contribution in [3.8, 4) is 5.75 Å². The minimum atomic E-state index is -1.27. The molecule has 0 atom stereocenters. The Hall–Kier alpha value is -2.83. The monoisotopic (exact) mass is 428 g/mol. The Morgan fingerprint density at radius 1 is 1.16 bits per heavy atom. The number of nitrogens with two attached hydrogens (primary N) is 1. The molecule has 1 saturated carbocycles. The molecule has 3 rings (SSSR count). The molecule has 1 fully saturated rings. The van der Waals surface area contributed by atoms with Crippen LogP contribution in [0, 0.1) is 12.8 Å². The molecule has 0 saturated heterocycles. The Balaban J connectivity index is 2.14. The van der Waals surface area contributed by atoms with Gasteiger partial charge in [0.15, 0.2) is 5.60 Å². The van der Waals surface area contributed by atoms with Gasteiger partial charge in [0, 0.05) is 12.2 Å². The summed E-state index contributed by atoms with van der Waals surface area (Å²) >= 11 is 0. The van der Waals surface area contributed by atoms with Gasteiger partial charge in [-0.05, 0) is 58.6 Å². The van der Waals surface area contributed by atoms with Crippen LogP contribution in [-0.4, -0.2) is 34.4 Å². The van der Waals surface area contributed by atoms with Crippen LogP contribution < -0.4 is 10.5 Å². The van der Waals surface area contributed by atoms with E-state index in [1.54, 1.807) is 26.8 Å². The lowest BCUT2D eigenvalue weighted by Crippen LogP contribution is -2.39. The molecular formula is C24H32N2O5. The van der Waals surface area contributed by atoms with Gasteiger partial charge in [-0.25, -0.2) is 4.79 Å². The maximum Gasteiger partial charge on any atom is 0.349 e. The smallest absolute Gasteiger partial charge is 0.349 e. The highest BCUT2D eigenvalue weighted by Gasteiger charge is 2.34. The van der Waals surface area contributed by atoms with Crippen molar-refractivity contribution in [1.29, 1.82) is 0 Å². The summed E-state index contributed by atoms with van der Waals surface area (Å²) in [5.74, 6) is -1.41. The number of ketones is 1. The van der Waals surface area contributed by atoms with E-state index in [4.69, 9.17) is 15.2 Å². The summed E-state index contributed by atoms with van der Waals surface area (Å²) in [6.07, 6.45) is 5.96. The van der Waals surface area contributed by atoms with Gasteiger partial charge in [-0.15, -0.1) is 0 Å². The zero-order valence-electron chi connectivity index (χ0n) is 18.8. The van der Waals surface area contributed by atoms with Gasteiger partial charge >= 0.3 is 5.97 Å². The van der Waals surface area contributed by atoms with E-state index in [1.807, 2.05) is 19.1 Å². The van der Waals surface area contributed by atoms with Gasteiger partial charge < -0.3 is 19.8 Å². The van der Waals surface area contributed by atoms with E-state index in [9.17, 15) is 14.4 Å². The summed E-state index contributed by atoms with van der Waals surface area (Å²) in [6, 6.07) is 5.44. The van der Waals surface area contributed by atoms with Gasteiger partial charge in [0.25, 0.3) is 11.7 Å². The third-order valence-electron chi connectivity index (χ3n) is 6.06. The first-order valence-corrected chi connectivity index (χ1v) is 11.0. The Bertz CT molecular complexity index is 999. The number of carbonyl (C=O) groups excluding carboxylic acids is 3. The Morgan fingerprint density at radius 3 is 2.45 bits per heavy atom. The average Bonchev–Trinajstić information content (AvgIpc) is 3.00. The fourth-order valence-corrected chi connectivity index (χ4v) is 4.46. The lowest BCUT2D eigenvalue weighted by Gasteiger charge is -2.25. The van der Waals surface area contributed by atoms with Crippen LogP contribution in [0.4, 0.5) is 0 Å². The van der Waals surface area contributed by atoms with E-state index < -0.39 is 23.3 Å². The highest BCUT2D eigenvalue weighted by molar-refractivity contribution is 6.45. The van der Waals surface area contributed by atoms with Crippen LogP contribution in [0.2, 0.25) is 0 Å². The fourth-order valence-electron chi connectivity index (χ4n) is 4.46. The van der Waals surface area contributed by atoms with E-state index in [2.05, 4.69) is 4.57 Å². The molecular weight excluding hydrogens is 396 g/mol. The highest BCUT2D eigenvalue weighted by Crippen LogP contribution is 2.37. The maximum absolute atomic E-state index is 12.8. The number of carbonyl (C=O) groups is 3. The first-order valence-electron chi connectivity index (χ1n) is 11.0. The zero-order chi connectivity index (χ0) is 22.8. The number of nitrogens with zero attached hydrogens (tertiary/aromatic N) is 1. The van der Waals surface area contributed by atoms with Crippen molar-refractivity contribution >= 4 is 28.6 Å². The van der Waals surface area contributed by atoms with E-state index in [0.29, 0.717) is 22.7 Å². The molecule has 2 N–H and O–H groups in total. The third kappa shape index (κ3) is 4.60. The molecule has 7 nitrogen and oxygen atoms in total. The number of benzene rings is 1. The topological polar surface area (TPSA) is 101 Å². The normalized spacial score (nSPS) is 15.1. The third-order valence-corrected chi connectivity index (χ3v) is 6.06. The van der Waals surface area contributed by atoms with Crippen molar-refractivity contribution in [3.63, 3.8) is 0 Å². The summed E-state index contributed by atoms with van der Waals surface area (Å²) in [6.45, 7) is 7.79. The SMILES string of the molecule is CCOC(=O)C(C)(C)Oc1cccc2c1c(C(=O)C(N)=O)c(C)n2CC1CCCCC1. The largest absolute Gasteiger partial charge is 0.475 e. The van der Waals surface area contributed by atoms with Gasteiger partial charge in [0.2, 0.25) is 0 Å². The first kappa shape index (κ1) is 22.8. The van der Waals surface area contributed by atoms with E-state index in [-0.39, 0.29) is 12.2 Å². The minimum absolute atomic E-state index is 0.234. The molecule has 0 spiro atoms. The lowest BCUT2D eigenvalue weighted by molar-refractivity contribution is -0.158. The number of Topliss-reactive ketones (excluding diaryl/α,β-unsaturated/α-hetero) is 1. The van der Waals surface area contributed by atoms with Gasteiger partial charge in [-0.1, -0.05) is 25.3 Å². The van der Waals surface area contributed by atoms with Crippen LogP contribution in [0.1, 0.15) is 68.9 Å². The Kier molecular flexibility index (Phi) is 6.72. The quantitative estimate of drug-likeness (QED) is 0.390. The number of amides is 1. The summed E-state index contributed by atoms with van der Waals surface area (Å²) in [5, 5.41) is 0.511. The molecule has 1 aliphatic carbocycles. The van der Waals surface area contributed by atoms with Gasteiger partial charge in [-0.2, -0.15) is 0 Å². The summed E-state index contributed by atoms with van der Waals surface area (Å²) < 4.78 is 13.3. The second kappa shape index (κ2) is 9.12. The number of primary amides is 1. The predicted octanol–water partition coefficient (Wildman–Crippen LogP) is 3.92. The van der Waals surface area contributed by atoms with Gasteiger partial charge in [0.1, 0.15) is 5.75 Å². The number of hydrogen-bond donors (Lipinski definition) is 1. The summed E-state index contributed by atoms with van der Waals surface area (Å²) in [7, 11) is 0. The molecule has 1 aliphatic rings. The van der Waals surface area contributed by atoms with E-state index in [0.717, 1.165) is 24.9 Å². The van der Waals surface area contributed by atoms with E-state index >= 15 is 0 Å². The van der Waals surface area contributed by atoms with Gasteiger partial charge in [-0.3, -0.25) is 9.59 Å². The molecule has 1 aromatic heterocycles. The van der Waals surface area contributed by atoms with Crippen LogP contribution >= 0.6 is 0 Å². The second-order valence-corrected chi connectivity index (χ2v) is 8.75. The predicted molar refractivity (Wildman–Crippen MR) is 118 cm³/mol. The zero-order valence-corrected chi connectivity index (χ0v) is 18.8. The number of hydrogen-bond acceptors (Lipinski definition) is 5. The number of aromatic nitrogens is 1. The molecule has 0 radical (unpaired) electrons.